The SMILES string of the molecule is Oc1c(I)c(CCl)cc2ccsc12. The van der Waals surface area contributed by atoms with E-state index in [0.29, 0.717) is 11.6 Å². The van der Waals surface area contributed by atoms with Crippen molar-refractivity contribution in [2.75, 3.05) is 0 Å². The number of halogens is 2. The fourth-order valence-corrected chi connectivity index (χ4v) is 3.29. The second kappa shape index (κ2) is 3.63. The summed E-state index contributed by atoms with van der Waals surface area (Å²) in [6.07, 6.45) is 0. The number of aromatic hydroxyl groups is 1. The normalized spacial score (nSPS) is 10.9. The van der Waals surface area contributed by atoms with E-state index in [4.69, 9.17) is 11.6 Å². The van der Waals surface area contributed by atoms with Crippen LogP contribution in [0.25, 0.3) is 10.1 Å². The van der Waals surface area contributed by atoms with Gasteiger partial charge in [-0.3, -0.25) is 0 Å². The highest BCUT2D eigenvalue weighted by atomic mass is 127. The predicted molar refractivity (Wildman–Crippen MR) is 65.8 cm³/mol. The van der Waals surface area contributed by atoms with Crippen molar-refractivity contribution in [1.29, 1.82) is 0 Å². The lowest BCUT2D eigenvalue weighted by molar-refractivity contribution is 0.478. The lowest BCUT2D eigenvalue weighted by atomic mass is 10.2. The van der Waals surface area contributed by atoms with Gasteiger partial charge < -0.3 is 5.11 Å². The highest BCUT2D eigenvalue weighted by Crippen LogP contribution is 2.36. The summed E-state index contributed by atoms with van der Waals surface area (Å²) in [7, 11) is 0. The maximum absolute atomic E-state index is 9.80. The number of thiophene rings is 1. The standard InChI is InChI=1S/C9H6ClIOS/c10-4-6-3-5-1-2-13-9(5)8(12)7(6)11/h1-3,12H,4H2. The third kappa shape index (κ3) is 1.53. The average Bonchev–Trinajstić information content (AvgIpc) is 2.59. The zero-order valence-corrected chi connectivity index (χ0v) is 10.3. The van der Waals surface area contributed by atoms with E-state index >= 15 is 0 Å². The third-order valence-corrected chi connectivity index (χ3v) is 4.30. The van der Waals surface area contributed by atoms with E-state index in [-0.39, 0.29) is 0 Å². The van der Waals surface area contributed by atoms with E-state index in [0.717, 1.165) is 19.2 Å². The van der Waals surface area contributed by atoms with Gasteiger partial charge in [0.05, 0.1) is 8.27 Å². The summed E-state index contributed by atoms with van der Waals surface area (Å²) in [4.78, 5) is 0. The number of benzene rings is 1. The minimum Gasteiger partial charge on any atom is -0.505 e. The Morgan fingerprint density at radius 3 is 3.00 bits per heavy atom. The molecule has 0 unspecified atom stereocenters. The average molecular weight is 325 g/mol. The van der Waals surface area contributed by atoms with Crippen LogP contribution in [0.4, 0.5) is 0 Å². The van der Waals surface area contributed by atoms with Crippen LogP contribution in [0.5, 0.6) is 5.75 Å². The van der Waals surface area contributed by atoms with E-state index in [1.807, 2.05) is 17.5 Å². The summed E-state index contributed by atoms with van der Waals surface area (Å²) in [5, 5.41) is 12.8. The fraction of sp³-hybridized carbons (Fsp3) is 0.111. The number of phenols is 1. The molecule has 4 heteroatoms. The molecule has 0 radical (unpaired) electrons. The van der Waals surface area contributed by atoms with Crippen LogP contribution in [0, 0.1) is 3.57 Å². The number of hydrogen-bond donors (Lipinski definition) is 1. The van der Waals surface area contributed by atoms with Gasteiger partial charge in [-0.25, -0.2) is 0 Å². The Bertz CT molecular complexity index is 452. The number of alkyl halides is 1. The topological polar surface area (TPSA) is 20.2 Å². The quantitative estimate of drug-likeness (QED) is 0.622. The number of fused-ring (bicyclic) bond motifs is 1. The van der Waals surface area contributed by atoms with Crippen LogP contribution in [-0.2, 0) is 5.88 Å². The molecule has 0 spiro atoms. The molecule has 13 heavy (non-hydrogen) atoms. The van der Waals surface area contributed by atoms with Crippen LogP contribution in [0.3, 0.4) is 0 Å². The van der Waals surface area contributed by atoms with Crippen LogP contribution in [-0.4, -0.2) is 5.11 Å². The molecular formula is C9H6ClIOS. The van der Waals surface area contributed by atoms with E-state index in [9.17, 15) is 5.11 Å². The third-order valence-electron chi connectivity index (χ3n) is 1.87. The molecule has 1 aromatic heterocycles. The molecule has 2 aromatic rings. The van der Waals surface area contributed by atoms with Gasteiger partial charge in [0.1, 0.15) is 5.75 Å². The molecule has 1 aromatic carbocycles. The van der Waals surface area contributed by atoms with Crippen LogP contribution in [0.1, 0.15) is 5.56 Å². The molecule has 1 N–H and O–H groups in total. The van der Waals surface area contributed by atoms with Gasteiger partial charge in [0, 0.05) is 5.88 Å². The minimum absolute atomic E-state index is 0.365. The minimum atomic E-state index is 0.365. The van der Waals surface area contributed by atoms with E-state index in [1.165, 1.54) is 0 Å². The number of rotatable bonds is 1. The van der Waals surface area contributed by atoms with Crippen molar-refractivity contribution in [3.63, 3.8) is 0 Å². The Kier molecular flexibility index (Phi) is 2.67. The van der Waals surface area contributed by atoms with Gasteiger partial charge in [-0.05, 0) is 51.1 Å². The molecule has 0 fully saturated rings. The Labute approximate surface area is 98.5 Å². The first-order chi connectivity index (χ1) is 6.24. The fourth-order valence-electron chi connectivity index (χ4n) is 1.23. The molecule has 2 rings (SSSR count). The first kappa shape index (κ1) is 9.55. The van der Waals surface area contributed by atoms with Crippen molar-refractivity contribution in [1.82, 2.24) is 0 Å². The van der Waals surface area contributed by atoms with Crippen LogP contribution < -0.4 is 0 Å². The first-order valence-electron chi connectivity index (χ1n) is 3.67. The highest BCUT2D eigenvalue weighted by Gasteiger charge is 2.10. The lowest BCUT2D eigenvalue weighted by Gasteiger charge is -2.03. The van der Waals surface area contributed by atoms with Gasteiger partial charge in [0.25, 0.3) is 0 Å². The molecule has 0 saturated carbocycles. The Morgan fingerprint density at radius 2 is 2.31 bits per heavy atom. The lowest BCUT2D eigenvalue weighted by Crippen LogP contribution is -1.84. The molecule has 0 amide bonds. The summed E-state index contributed by atoms with van der Waals surface area (Å²) < 4.78 is 1.81. The van der Waals surface area contributed by atoms with Gasteiger partial charge in [-0.15, -0.1) is 22.9 Å². The Hall–Kier alpha value is -0.0000000000000000833. The van der Waals surface area contributed by atoms with Gasteiger partial charge in [-0.2, -0.15) is 0 Å². The summed E-state index contributed by atoms with van der Waals surface area (Å²) in [6.45, 7) is 0. The molecule has 0 aliphatic carbocycles. The van der Waals surface area contributed by atoms with Crippen molar-refractivity contribution in [3.05, 3.63) is 26.6 Å². The molecule has 0 bridgehead atoms. The van der Waals surface area contributed by atoms with E-state index in [1.54, 1.807) is 11.3 Å². The molecule has 68 valence electrons. The van der Waals surface area contributed by atoms with Gasteiger partial charge in [-0.1, -0.05) is 0 Å². The Balaban J connectivity index is 2.83. The van der Waals surface area contributed by atoms with E-state index < -0.39 is 0 Å². The maximum atomic E-state index is 9.80. The smallest absolute Gasteiger partial charge is 0.146 e. The molecule has 1 heterocycles. The highest BCUT2D eigenvalue weighted by molar-refractivity contribution is 14.1. The van der Waals surface area contributed by atoms with Crippen molar-refractivity contribution in [2.24, 2.45) is 0 Å². The second-order valence-corrected chi connectivity index (χ2v) is 4.93. The summed E-state index contributed by atoms with van der Waals surface area (Å²) in [5.74, 6) is 0.807. The molecule has 0 saturated heterocycles. The molecule has 0 aliphatic rings. The first-order valence-corrected chi connectivity index (χ1v) is 6.17. The van der Waals surface area contributed by atoms with E-state index in [2.05, 4.69) is 22.6 Å². The van der Waals surface area contributed by atoms with Crippen LogP contribution in [0.2, 0.25) is 0 Å². The molecule has 0 atom stereocenters. The molecular weight excluding hydrogens is 319 g/mol. The van der Waals surface area contributed by atoms with Gasteiger partial charge in [0.15, 0.2) is 0 Å². The summed E-state index contributed by atoms with van der Waals surface area (Å²) in [6, 6.07) is 4.02. The molecule has 0 aliphatic heterocycles. The largest absolute Gasteiger partial charge is 0.505 e. The van der Waals surface area contributed by atoms with Crippen molar-refractivity contribution in [3.8, 4) is 5.75 Å². The second-order valence-electron chi connectivity index (χ2n) is 2.67. The van der Waals surface area contributed by atoms with Crippen molar-refractivity contribution in [2.45, 2.75) is 5.88 Å². The summed E-state index contributed by atoms with van der Waals surface area (Å²) in [5.41, 5.74) is 0.991. The van der Waals surface area contributed by atoms with Gasteiger partial charge >= 0.3 is 0 Å². The van der Waals surface area contributed by atoms with Crippen molar-refractivity contribution < 1.29 is 5.11 Å². The number of hydrogen-bond acceptors (Lipinski definition) is 2. The van der Waals surface area contributed by atoms with Crippen LogP contribution >= 0.6 is 45.5 Å². The summed E-state index contributed by atoms with van der Waals surface area (Å²) >= 11 is 9.43. The van der Waals surface area contributed by atoms with Crippen LogP contribution in [0.15, 0.2) is 17.5 Å². The zero-order valence-electron chi connectivity index (χ0n) is 6.55. The monoisotopic (exact) mass is 324 g/mol. The zero-order chi connectivity index (χ0) is 9.42. The van der Waals surface area contributed by atoms with Crippen molar-refractivity contribution >= 4 is 55.6 Å². The Morgan fingerprint density at radius 1 is 1.54 bits per heavy atom. The van der Waals surface area contributed by atoms with Gasteiger partial charge in [0.2, 0.25) is 0 Å². The number of phenolic OH excluding ortho intramolecular Hbond substituents is 1. The molecule has 1 nitrogen and oxygen atoms in total. The predicted octanol–water partition coefficient (Wildman–Crippen LogP) is 3.95. The maximum Gasteiger partial charge on any atom is 0.146 e.